The molecule has 0 saturated heterocycles. The van der Waals surface area contributed by atoms with Crippen molar-refractivity contribution in [3.63, 3.8) is 0 Å². The van der Waals surface area contributed by atoms with Gasteiger partial charge in [0.15, 0.2) is 5.96 Å². The summed E-state index contributed by atoms with van der Waals surface area (Å²) in [5, 5.41) is 9.54. The molecule has 3 N–H and O–H groups in total. The van der Waals surface area contributed by atoms with Gasteiger partial charge in [0.2, 0.25) is 5.91 Å². The molecule has 0 saturated carbocycles. The van der Waals surface area contributed by atoms with Crippen LogP contribution in [-0.4, -0.2) is 36.5 Å². The van der Waals surface area contributed by atoms with Crippen LogP contribution in [0, 0.1) is 0 Å². The Labute approximate surface area is 150 Å². The number of rotatable bonds is 8. The summed E-state index contributed by atoms with van der Waals surface area (Å²) in [7, 11) is 1.77. The number of amides is 1. The summed E-state index contributed by atoms with van der Waals surface area (Å²) in [4.78, 5) is 15.8. The third-order valence-corrected chi connectivity index (χ3v) is 4.88. The van der Waals surface area contributed by atoms with Gasteiger partial charge in [0, 0.05) is 37.0 Å². The van der Waals surface area contributed by atoms with Crippen molar-refractivity contribution in [2.24, 2.45) is 4.99 Å². The predicted molar refractivity (Wildman–Crippen MR) is 106 cm³/mol. The minimum absolute atomic E-state index is 0.0596. The summed E-state index contributed by atoms with van der Waals surface area (Å²) in [6.07, 6.45) is 3.52. The van der Waals surface area contributed by atoms with Crippen molar-refractivity contribution in [1.29, 1.82) is 0 Å². The molecule has 0 aliphatic heterocycles. The zero-order valence-electron chi connectivity index (χ0n) is 15.4. The van der Waals surface area contributed by atoms with Gasteiger partial charge in [-0.3, -0.25) is 9.79 Å². The van der Waals surface area contributed by atoms with Gasteiger partial charge in [-0.15, -0.1) is 0 Å². The van der Waals surface area contributed by atoms with Crippen molar-refractivity contribution < 1.29 is 4.79 Å². The van der Waals surface area contributed by atoms with Crippen molar-refractivity contribution in [1.82, 2.24) is 10.6 Å². The number of carbonyl (C=O) groups excluding carboxylic acids is 1. The molecule has 0 aromatic heterocycles. The maximum Gasteiger partial charge on any atom is 0.224 e. The van der Waals surface area contributed by atoms with E-state index in [0.29, 0.717) is 13.0 Å². The number of aliphatic imine (C=N–C) groups is 1. The highest BCUT2D eigenvalue weighted by atomic mass is 32.2. The number of thioether (sulfide) groups is 1. The molecule has 1 rings (SSSR count). The third-order valence-electron chi connectivity index (χ3n) is 3.63. The minimum atomic E-state index is 0.0596. The molecule has 0 bridgehead atoms. The van der Waals surface area contributed by atoms with E-state index in [0.717, 1.165) is 30.2 Å². The first-order valence-corrected chi connectivity index (χ1v) is 9.51. The number of guanidine groups is 1. The molecule has 0 spiro atoms. The lowest BCUT2D eigenvalue weighted by molar-refractivity contribution is -0.116. The van der Waals surface area contributed by atoms with Crippen LogP contribution >= 0.6 is 11.8 Å². The van der Waals surface area contributed by atoms with E-state index < -0.39 is 0 Å². The highest BCUT2D eigenvalue weighted by Gasteiger charge is 2.15. The topological polar surface area (TPSA) is 65.5 Å². The fraction of sp³-hybridized carbons (Fsp3) is 0.556. The van der Waals surface area contributed by atoms with Crippen molar-refractivity contribution in [2.45, 2.75) is 44.9 Å². The summed E-state index contributed by atoms with van der Waals surface area (Å²) in [5.41, 5.74) is 1.97. The standard InChI is InChI=1S/C18H30N4OS/c1-6-7-16(23)22-15-10-8-14(9-11-15)12-20-17(19-4)21-13-18(2,3)24-5/h8-11H,6-7,12-13H2,1-5H3,(H,22,23)(H2,19,20,21). The minimum Gasteiger partial charge on any atom is -0.355 e. The van der Waals surface area contributed by atoms with Gasteiger partial charge in [-0.25, -0.2) is 0 Å². The third kappa shape index (κ3) is 7.73. The lowest BCUT2D eigenvalue weighted by Crippen LogP contribution is -2.42. The van der Waals surface area contributed by atoms with Crippen LogP contribution in [0.4, 0.5) is 5.69 Å². The number of benzene rings is 1. The van der Waals surface area contributed by atoms with Gasteiger partial charge >= 0.3 is 0 Å². The van der Waals surface area contributed by atoms with E-state index in [2.05, 4.69) is 41.0 Å². The molecule has 1 aromatic carbocycles. The molecule has 0 unspecified atom stereocenters. The Morgan fingerprint density at radius 1 is 1.21 bits per heavy atom. The zero-order chi connectivity index (χ0) is 18.0. The summed E-state index contributed by atoms with van der Waals surface area (Å²) < 4.78 is 0.163. The molecule has 0 heterocycles. The summed E-state index contributed by atoms with van der Waals surface area (Å²) in [6, 6.07) is 7.87. The molecular formula is C18H30N4OS. The number of nitrogens with one attached hydrogen (secondary N) is 3. The van der Waals surface area contributed by atoms with Crippen LogP contribution in [0.25, 0.3) is 0 Å². The van der Waals surface area contributed by atoms with Crippen LogP contribution in [-0.2, 0) is 11.3 Å². The summed E-state index contributed by atoms with van der Waals surface area (Å²) >= 11 is 1.82. The Kier molecular flexibility index (Phi) is 8.68. The monoisotopic (exact) mass is 350 g/mol. The fourth-order valence-corrected chi connectivity index (χ4v) is 2.15. The molecule has 0 atom stereocenters. The highest BCUT2D eigenvalue weighted by molar-refractivity contribution is 7.99. The number of hydrogen-bond acceptors (Lipinski definition) is 3. The van der Waals surface area contributed by atoms with E-state index in [1.54, 1.807) is 7.05 Å². The van der Waals surface area contributed by atoms with Crippen molar-refractivity contribution in [3.8, 4) is 0 Å². The average molecular weight is 351 g/mol. The predicted octanol–water partition coefficient (Wildman–Crippen LogP) is 3.23. The molecule has 0 fully saturated rings. The Balaban J connectivity index is 2.47. The van der Waals surface area contributed by atoms with Gasteiger partial charge in [-0.2, -0.15) is 11.8 Å². The molecule has 6 heteroatoms. The van der Waals surface area contributed by atoms with Crippen LogP contribution in [0.2, 0.25) is 0 Å². The Hall–Kier alpha value is -1.69. The highest BCUT2D eigenvalue weighted by Crippen LogP contribution is 2.19. The number of anilines is 1. The van der Waals surface area contributed by atoms with E-state index in [1.807, 2.05) is 43.0 Å². The van der Waals surface area contributed by atoms with Gasteiger partial charge in [0.1, 0.15) is 0 Å². The first-order chi connectivity index (χ1) is 11.4. The van der Waals surface area contributed by atoms with Crippen molar-refractivity contribution in [3.05, 3.63) is 29.8 Å². The maximum atomic E-state index is 11.6. The summed E-state index contributed by atoms with van der Waals surface area (Å²) in [5.74, 6) is 0.849. The Morgan fingerprint density at radius 2 is 1.88 bits per heavy atom. The molecule has 24 heavy (non-hydrogen) atoms. The van der Waals surface area contributed by atoms with E-state index in [9.17, 15) is 4.79 Å². The fourth-order valence-electron chi connectivity index (χ4n) is 1.93. The van der Waals surface area contributed by atoms with E-state index in [4.69, 9.17) is 0 Å². The van der Waals surface area contributed by atoms with Crippen LogP contribution in [0.3, 0.4) is 0 Å². The first-order valence-electron chi connectivity index (χ1n) is 8.28. The van der Waals surface area contributed by atoms with E-state index >= 15 is 0 Å². The van der Waals surface area contributed by atoms with Gasteiger partial charge < -0.3 is 16.0 Å². The number of nitrogens with zero attached hydrogens (tertiary/aromatic N) is 1. The second-order valence-electron chi connectivity index (χ2n) is 6.24. The Bertz CT molecular complexity index is 540. The van der Waals surface area contributed by atoms with Crippen LogP contribution in [0.1, 0.15) is 39.2 Å². The Morgan fingerprint density at radius 3 is 2.42 bits per heavy atom. The molecule has 0 aliphatic carbocycles. The molecule has 134 valence electrons. The number of carbonyl (C=O) groups is 1. The molecule has 1 aromatic rings. The lowest BCUT2D eigenvalue weighted by Gasteiger charge is -2.23. The quantitative estimate of drug-likeness (QED) is 0.497. The molecular weight excluding hydrogens is 320 g/mol. The van der Waals surface area contributed by atoms with E-state index in [1.165, 1.54) is 0 Å². The first kappa shape index (κ1) is 20.4. The smallest absolute Gasteiger partial charge is 0.224 e. The van der Waals surface area contributed by atoms with Gasteiger partial charge in [0.25, 0.3) is 0 Å². The van der Waals surface area contributed by atoms with Crippen LogP contribution < -0.4 is 16.0 Å². The SMILES string of the molecule is CCCC(=O)Nc1ccc(CNC(=NC)NCC(C)(C)SC)cc1. The van der Waals surface area contributed by atoms with Crippen LogP contribution in [0.5, 0.6) is 0 Å². The maximum absolute atomic E-state index is 11.6. The molecule has 5 nitrogen and oxygen atoms in total. The normalized spacial score (nSPS) is 12.0. The van der Waals surface area contributed by atoms with Gasteiger partial charge in [-0.1, -0.05) is 19.1 Å². The zero-order valence-corrected chi connectivity index (χ0v) is 16.2. The molecule has 0 aliphatic rings. The van der Waals surface area contributed by atoms with Crippen LogP contribution in [0.15, 0.2) is 29.3 Å². The second-order valence-corrected chi connectivity index (χ2v) is 7.75. The molecule has 1 amide bonds. The van der Waals surface area contributed by atoms with Gasteiger partial charge in [0.05, 0.1) is 0 Å². The largest absolute Gasteiger partial charge is 0.355 e. The lowest BCUT2D eigenvalue weighted by atomic mass is 10.2. The molecule has 0 radical (unpaired) electrons. The summed E-state index contributed by atoms with van der Waals surface area (Å²) in [6.45, 7) is 7.92. The number of hydrogen-bond donors (Lipinski definition) is 3. The van der Waals surface area contributed by atoms with E-state index in [-0.39, 0.29) is 10.7 Å². The van der Waals surface area contributed by atoms with Gasteiger partial charge in [-0.05, 0) is 44.2 Å². The second kappa shape index (κ2) is 10.2. The average Bonchev–Trinajstić information content (AvgIpc) is 2.56. The van der Waals surface area contributed by atoms with Crippen molar-refractivity contribution in [2.75, 3.05) is 25.2 Å². The van der Waals surface area contributed by atoms with Crippen molar-refractivity contribution >= 4 is 29.3 Å².